The summed E-state index contributed by atoms with van der Waals surface area (Å²) in [6.07, 6.45) is 2.82. The van der Waals surface area contributed by atoms with Crippen LogP contribution < -0.4 is 10.2 Å². The van der Waals surface area contributed by atoms with Crippen molar-refractivity contribution >= 4 is 22.6 Å². The summed E-state index contributed by atoms with van der Waals surface area (Å²) in [6.45, 7) is 8.54. The van der Waals surface area contributed by atoms with Gasteiger partial charge in [0.15, 0.2) is 0 Å². The van der Waals surface area contributed by atoms with Crippen LogP contribution in [0, 0.1) is 5.92 Å². The number of hydrogen-bond acceptors (Lipinski definition) is 6. The van der Waals surface area contributed by atoms with Crippen molar-refractivity contribution in [2.45, 2.75) is 39.2 Å². The van der Waals surface area contributed by atoms with E-state index in [1.54, 1.807) is 0 Å². The van der Waals surface area contributed by atoms with Crippen LogP contribution in [0.15, 0.2) is 0 Å². The first kappa shape index (κ1) is 15.7. The molecule has 0 saturated carbocycles. The Morgan fingerprint density at radius 1 is 1.36 bits per heavy atom. The molecular formula is C15H25N5OS. The Balaban J connectivity index is 1.53. The van der Waals surface area contributed by atoms with Crippen molar-refractivity contribution in [1.29, 1.82) is 0 Å². The highest BCUT2D eigenvalue weighted by atomic mass is 32.1. The molecule has 0 bridgehead atoms. The Kier molecular flexibility index (Phi) is 4.93. The highest BCUT2D eigenvalue weighted by Gasteiger charge is 2.30. The van der Waals surface area contributed by atoms with Gasteiger partial charge in [-0.15, -0.1) is 0 Å². The lowest BCUT2D eigenvalue weighted by Gasteiger charge is -2.37. The fraction of sp³-hybridized carbons (Fsp3) is 0.800. The van der Waals surface area contributed by atoms with Crippen molar-refractivity contribution in [3.8, 4) is 0 Å². The molecule has 1 aromatic heterocycles. The van der Waals surface area contributed by atoms with E-state index in [9.17, 15) is 4.79 Å². The summed E-state index contributed by atoms with van der Waals surface area (Å²) < 4.78 is 4.35. The normalized spacial score (nSPS) is 26.3. The van der Waals surface area contributed by atoms with Gasteiger partial charge in [-0.3, -0.25) is 4.79 Å². The van der Waals surface area contributed by atoms with Gasteiger partial charge in [0.1, 0.15) is 5.82 Å². The zero-order valence-electron chi connectivity index (χ0n) is 13.4. The second kappa shape index (κ2) is 6.91. The van der Waals surface area contributed by atoms with Gasteiger partial charge in [-0.2, -0.15) is 4.37 Å². The van der Waals surface area contributed by atoms with Crippen LogP contribution in [0.3, 0.4) is 0 Å². The van der Waals surface area contributed by atoms with Crippen LogP contribution in [0.4, 0.5) is 5.13 Å². The standard InChI is InChI=1S/C15H25N5OS/c1-3-13-17-15(22-18-13)20-8-6-19(7-9-20)14(21)12-4-5-16-11(2)10-12/h11-12,16H,3-10H2,1-2H3/t11-,12-/m0/s1. The van der Waals surface area contributed by atoms with Gasteiger partial charge in [-0.05, 0) is 26.3 Å². The van der Waals surface area contributed by atoms with Gasteiger partial charge in [0.25, 0.3) is 0 Å². The van der Waals surface area contributed by atoms with Crippen molar-refractivity contribution in [2.75, 3.05) is 37.6 Å². The first-order valence-corrected chi connectivity index (χ1v) is 9.04. The molecule has 6 nitrogen and oxygen atoms in total. The molecule has 3 heterocycles. The molecule has 0 aromatic carbocycles. The highest BCUT2D eigenvalue weighted by molar-refractivity contribution is 7.09. The summed E-state index contributed by atoms with van der Waals surface area (Å²) in [5.74, 6) is 1.47. The first-order valence-electron chi connectivity index (χ1n) is 8.27. The van der Waals surface area contributed by atoms with Crippen molar-refractivity contribution in [1.82, 2.24) is 19.6 Å². The number of nitrogens with one attached hydrogen (secondary N) is 1. The van der Waals surface area contributed by atoms with Crippen molar-refractivity contribution in [3.05, 3.63) is 5.82 Å². The van der Waals surface area contributed by atoms with Crippen LogP contribution in [0.25, 0.3) is 0 Å². The van der Waals surface area contributed by atoms with Gasteiger partial charge in [0, 0.05) is 56.1 Å². The summed E-state index contributed by atoms with van der Waals surface area (Å²) in [5.41, 5.74) is 0. The predicted molar refractivity (Wildman–Crippen MR) is 88.3 cm³/mol. The van der Waals surface area contributed by atoms with Gasteiger partial charge in [0.05, 0.1) is 0 Å². The van der Waals surface area contributed by atoms with E-state index < -0.39 is 0 Å². The van der Waals surface area contributed by atoms with Crippen LogP contribution in [0.2, 0.25) is 0 Å². The Morgan fingerprint density at radius 2 is 2.14 bits per heavy atom. The molecule has 0 spiro atoms. The van der Waals surface area contributed by atoms with E-state index in [1.807, 2.05) is 4.90 Å². The summed E-state index contributed by atoms with van der Waals surface area (Å²) in [5, 5.41) is 4.41. The van der Waals surface area contributed by atoms with Gasteiger partial charge >= 0.3 is 0 Å². The Morgan fingerprint density at radius 3 is 2.77 bits per heavy atom. The van der Waals surface area contributed by atoms with Crippen molar-refractivity contribution in [3.63, 3.8) is 0 Å². The van der Waals surface area contributed by atoms with Crippen molar-refractivity contribution < 1.29 is 4.79 Å². The Hall–Kier alpha value is -1.21. The van der Waals surface area contributed by atoms with Gasteiger partial charge < -0.3 is 15.1 Å². The summed E-state index contributed by atoms with van der Waals surface area (Å²) >= 11 is 1.47. The monoisotopic (exact) mass is 323 g/mol. The minimum atomic E-state index is 0.205. The molecule has 122 valence electrons. The van der Waals surface area contributed by atoms with E-state index in [1.165, 1.54) is 11.5 Å². The molecule has 1 amide bonds. The molecular weight excluding hydrogens is 298 g/mol. The molecule has 7 heteroatoms. The number of aromatic nitrogens is 2. The van der Waals surface area contributed by atoms with Crippen LogP contribution in [0.5, 0.6) is 0 Å². The number of hydrogen-bond donors (Lipinski definition) is 1. The highest BCUT2D eigenvalue weighted by Crippen LogP contribution is 2.22. The summed E-state index contributed by atoms with van der Waals surface area (Å²) in [7, 11) is 0. The second-order valence-electron chi connectivity index (χ2n) is 6.24. The van der Waals surface area contributed by atoms with E-state index >= 15 is 0 Å². The van der Waals surface area contributed by atoms with Gasteiger partial charge in [-0.1, -0.05) is 6.92 Å². The molecule has 3 rings (SSSR count). The summed E-state index contributed by atoms with van der Waals surface area (Å²) in [4.78, 5) is 21.5. The fourth-order valence-electron chi connectivity index (χ4n) is 3.25. The topological polar surface area (TPSA) is 61.4 Å². The molecule has 1 aromatic rings. The maximum Gasteiger partial charge on any atom is 0.225 e. The summed E-state index contributed by atoms with van der Waals surface area (Å²) in [6, 6.07) is 0.456. The second-order valence-corrected chi connectivity index (χ2v) is 6.97. The molecule has 2 aliphatic rings. The Labute approximate surface area is 136 Å². The molecule has 0 aliphatic carbocycles. The zero-order chi connectivity index (χ0) is 15.5. The molecule has 2 atom stereocenters. The molecule has 0 radical (unpaired) electrons. The van der Waals surface area contributed by atoms with E-state index in [4.69, 9.17) is 0 Å². The molecule has 2 fully saturated rings. The smallest absolute Gasteiger partial charge is 0.225 e. The van der Waals surface area contributed by atoms with Gasteiger partial charge in [0.2, 0.25) is 11.0 Å². The molecule has 1 N–H and O–H groups in total. The number of carbonyl (C=O) groups is 1. The number of aryl methyl sites for hydroxylation is 1. The molecule has 0 unspecified atom stereocenters. The lowest BCUT2D eigenvalue weighted by molar-refractivity contribution is -0.137. The third kappa shape index (κ3) is 3.41. The molecule has 2 aliphatic heterocycles. The van der Waals surface area contributed by atoms with E-state index in [-0.39, 0.29) is 5.92 Å². The fourth-order valence-corrected chi connectivity index (χ4v) is 4.05. The third-order valence-electron chi connectivity index (χ3n) is 4.61. The average molecular weight is 323 g/mol. The number of piperidine rings is 1. The Bertz CT molecular complexity index is 512. The van der Waals surface area contributed by atoms with Crippen LogP contribution >= 0.6 is 11.5 Å². The molecule has 2 saturated heterocycles. The maximum atomic E-state index is 12.6. The number of amides is 1. The first-order chi connectivity index (χ1) is 10.7. The lowest BCUT2D eigenvalue weighted by Crippen LogP contribution is -2.52. The minimum Gasteiger partial charge on any atom is -0.343 e. The number of piperazine rings is 1. The zero-order valence-corrected chi connectivity index (χ0v) is 14.2. The number of nitrogens with zero attached hydrogens (tertiary/aromatic N) is 4. The average Bonchev–Trinajstić information content (AvgIpc) is 3.03. The number of anilines is 1. The quantitative estimate of drug-likeness (QED) is 0.904. The van der Waals surface area contributed by atoms with E-state index in [2.05, 4.69) is 33.4 Å². The van der Waals surface area contributed by atoms with Crippen LogP contribution in [-0.4, -0.2) is 58.9 Å². The maximum absolute atomic E-state index is 12.6. The number of rotatable bonds is 3. The van der Waals surface area contributed by atoms with Crippen LogP contribution in [-0.2, 0) is 11.2 Å². The SMILES string of the molecule is CCc1nsc(N2CCN(C(=O)[C@H]3CCN[C@@H](C)C3)CC2)n1. The van der Waals surface area contributed by atoms with Gasteiger partial charge in [-0.25, -0.2) is 4.98 Å². The van der Waals surface area contributed by atoms with Crippen molar-refractivity contribution in [2.24, 2.45) is 5.92 Å². The third-order valence-corrected chi connectivity index (χ3v) is 5.42. The van der Waals surface area contributed by atoms with Crippen LogP contribution in [0.1, 0.15) is 32.5 Å². The largest absolute Gasteiger partial charge is 0.343 e. The minimum absolute atomic E-state index is 0.205. The van der Waals surface area contributed by atoms with E-state index in [0.717, 1.165) is 62.9 Å². The lowest BCUT2D eigenvalue weighted by atomic mass is 9.92. The molecule has 22 heavy (non-hydrogen) atoms. The number of carbonyl (C=O) groups excluding carboxylic acids is 1. The van der Waals surface area contributed by atoms with E-state index in [0.29, 0.717) is 11.9 Å². The predicted octanol–water partition coefficient (Wildman–Crippen LogP) is 1.14.